The summed E-state index contributed by atoms with van der Waals surface area (Å²) in [6, 6.07) is 79.7. The fourth-order valence-corrected chi connectivity index (χ4v) is 11.3. The van der Waals surface area contributed by atoms with E-state index in [2.05, 4.69) is 228 Å². The molecule has 0 amide bonds. The van der Waals surface area contributed by atoms with Crippen molar-refractivity contribution in [3.8, 4) is 56.3 Å². The van der Waals surface area contributed by atoms with Crippen molar-refractivity contribution in [1.82, 2.24) is 19.1 Å². The summed E-state index contributed by atoms with van der Waals surface area (Å²) >= 11 is 0. The number of para-hydroxylation sites is 4. The van der Waals surface area contributed by atoms with Crippen molar-refractivity contribution in [1.29, 1.82) is 0 Å². The molecule has 0 radical (unpaired) electrons. The third-order valence-corrected chi connectivity index (χ3v) is 14.2. The Bertz CT molecular complexity index is 4330. The van der Waals surface area contributed by atoms with Gasteiger partial charge in [-0.3, -0.25) is 0 Å². The van der Waals surface area contributed by atoms with E-state index in [1.165, 1.54) is 76.4 Å². The minimum atomic E-state index is 0.698. The third kappa shape index (κ3) is 4.93. The molecule has 3 heterocycles. The molecule has 0 spiro atoms. The lowest BCUT2D eigenvalue weighted by atomic mass is 9.95. The molecule has 66 heavy (non-hydrogen) atoms. The second kappa shape index (κ2) is 13.3. The zero-order chi connectivity index (χ0) is 43.0. The number of fused-ring (bicyclic) bond motifs is 12. The lowest BCUT2D eigenvalue weighted by Crippen LogP contribution is -1.99. The molecule has 4 heteroatoms. The second-order valence-corrected chi connectivity index (χ2v) is 17.7. The molecule has 0 saturated heterocycles. The largest absolute Gasteiger partial charge is 0.309 e. The average molecular weight is 837 g/mol. The van der Waals surface area contributed by atoms with Gasteiger partial charge in [-0.25, -0.2) is 9.97 Å². The zero-order valence-electron chi connectivity index (χ0n) is 35.6. The number of benzene rings is 11. The summed E-state index contributed by atoms with van der Waals surface area (Å²) in [6.07, 6.45) is 0. The second-order valence-electron chi connectivity index (χ2n) is 17.7. The van der Waals surface area contributed by atoms with Gasteiger partial charge >= 0.3 is 0 Å². The third-order valence-electron chi connectivity index (χ3n) is 14.2. The molecule has 0 atom stereocenters. The van der Waals surface area contributed by atoms with Crippen molar-refractivity contribution in [3.05, 3.63) is 218 Å². The Balaban J connectivity index is 0.965. The predicted octanol–water partition coefficient (Wildman–Crippen LogP) is 16.3. The lowest BCUT2D eigenvalue weighted by Gasteiger charge is -2.16. The van der Waals surface area contributed by atoms with Crippen molar-refractivity contribution in [2.45, 2.75) is 0 Å². The standard InChI is InChI=1S/C62H36N4/c1-2-15-42-38(14-1)32-40(62-63-54-24-9-5-21-52(54)61(64-62)51-31-30-50-44-17-4-3-16-43(44)48-22-13-23-49(51)60(48)50)36-58(42)66-57-27-12-8-20-47(57)53-34-37-28-29-41(33-39(37)35-59(53)66)65-55-25-10-6-18-45(55)46-19-7-11-26-56(46)65/h1-36H. The maximum Gasteiger partial charge on any atom is 0.160 e. The fourth-order valence-electron chi connectivity index (χ4n) is 11.3. The summed E-state index contributed by atoms with van der Waals surface area (Å²) < 4.78 is 4.87. The van der Waals surface area contributed by atoms with Crippen LogP contribution in [0.2, 0.25) is 0 Å². The quantitative estimate of drug-likeness (QED) is 0.177. The van der Waals surface area contributed by atoms with Crippen LogP contribution < -0.4 is 0 Å². The van der Waals surface area contributed by atoms with Gasteiger partial charge in [0, 0.05) is 49.1 Å². The van der Waals surface area contributed by atoms with Crippen molar-refractivity contribution < 1.29 is 0 Å². The molecule has 0 saturated carbocycles. The highest BCUT2D eigenvalue weighted by atomic mass is 15.0. The summed E-state index contributed by atoms with van der Waals surface area (Å²) in [6.45, 7) is 0. The maximum atomic E-state index is 5.57. The number of aromatic nitrogens is 4. The molecular weight excluding hydrogens is 801 g/mol. The van der Waals surface area contributed by atoms with E-state index in [1.807, 2.05) is 0 Å². The van der Waals surface area contributed by atoms with Crippen LogP contribution in [-0.4, -0.2) is 19.1 Å². The Morgan fingerprint density at radius 1 is 0.303 bits per heavy atom. The fraction of sp³-hybridized carbons (Fsp3) is 0. The molecule has 304 valence electrons. The van der Waals surface area contributed by atoms with Gasteiger partial charge in [0.05, 0.1) is 39.0 Å². The van der Waals surface area contributed by atoms with Crippen LogP contribution in [0.5, 0.6) is 0 Å². The molecule has 11 aromatic carbocycles. The average Bonchev–Trinajstić information content (AvgIpc) is 4.01. The van der Waals surface area contributed by atoms with Crippen LogP contribution in [0.25, 0.3) is 143 Å². The van der Waals surface area contributed by atoms with Crippen molar-refractivity contribution >= 4 is 86.8 Å². The SMILES string of the molecule is c1ccc2c(c1)-c1cccc3c(-c4nc(-c5cc(-n6c7ccccc7c7cc8ccc(-n9c%10ccccc%10c%10ccccc%109)cc8cc76)c6ccccc6c5)nc5ccccc45)ccc-2c13. The van der Waals surface area contributed by atoms with Crippen LogP contribution in [0.3, 0.4) is 0 Å². The van der Waals surface area contributed by atoms with E-state index >= 15 is 0 Å². The van der Waals surface area contributed by atoms with E-state index in [4.69, 9.17) is 9.97 Å². The van der Waals surface area contributed by atoms with E-state index in [1.54, 1.807) is 0 Å². The summed E-state index contributed by atoms with van der Waals surface area (Å²) in [5.74, 6) is 0.698. The molecule has 0 bridgehead atoms. The van der Waals surface area contributed by atoms with E-state index in [0.717, 1.165) is 60.9 Å². The van der Waals surface area contributed by atoms with Crippen molar-refractivity contribution in [2.24, 2.45) is 0 Å². The van der Waals surface area contributed by atoms with Crippen LogP contribution in [-0.2, 0) is 0 Å². The number of nitrogens with zero attached hydrogens (tertiary/aromatic N) is 4. The Kier molecular flexibility index (Phi) is 7.19. The topological polar surface area (TPSA) is 35.6 Å². The highest BCUT2D eigenvalue weighted by Gasteiger charge is 2.24. The van der Waals surface area contributed by atoms with Gasteiger partial charge < -0.3 is 9.13 Å². The van der Waals surface area contributed by atoms with E-state index < -0.39 is 0 Å². The molecule has 14 aromatic rings. The molecule has 0 unspecified atom stereocenters. The van der Waals surface area contributed by atoms with Crippen molar-refractivity contribution in [2.75, 3.05) is 0 Å². The minimum Gasteiger partial charge on any atom is -0.309 e. The summed E-state index contributed by atoms with van der Waals surface area (Å²) in [5, 5.41) is 13.2. The Labute approximate surface area is 378 Å². The van der Waals surface area contributed by atoms with Gasteiger partial charge in [-0.1, -0.05) is 158 Å². The van der Waals surface area contributed by atoms with E-state index in [9.17, 15) is 0 Å². The van der Waals surface area contributed by atoms with Gasteiger partial charge in [0.25, 0.3) is 0 Å². The lowest BCUT2D eigenvalue weighted by molar-refractivity contribution is 1.18. The molecule has 1 aliphatic carbocycles. The molecule has 0 aliphatic heterocycles. The first-order valence-corrected chi connectivity index (χ1v) is 22.7. The van der Waals surface area contributed by atoms with Crippen LogP contribution in [0.15, 0.2) is 218 Å². The van der Waals surface area contributed by atoms with Gasteiger partial charge in [-0.15, -0.1) is 0 Å². The first kappa shape index (κ1) is 35.6. The van der Waals surface area contributed by atoms with Crippen LogP contribution in [0, 0.1) is 0 Å². The molecule has 0 N–H and O–H groups in total. The van der Waals surface area contributed by atoms with Gasteiger partial charge in [0.2, 0.25) is 0 Å². The molecule has 0 fully saturated rings. The van der Waals surface area contributed by atoms with Gasteiger partial charge in [0.1, 0.15) is 0 Å². The molecule has 3 aromatic heterocycles. The summed E-state index contributed by atoms with van der Waals surface area (Å²) in [5.41, 5.74) is 16.0. The maximum absolute atomic E-state index is 5.57. The van der Waals surface area contributed by atoms with Crippen LogP contribution in [0.1, 0.15) is 0 Å². The Morgan fingerprint density at radius 3 is 1.67 bits per heavy atom. The van der Waals surface area contributed by atoms with Crippen molar-refractivity contribution in [3.63, 3.8) is 0 Å². The molecular formula is C62H36N4. The number of hydrogen-bond donors (Lipinski definition) is 0. The molecule has 1 aliphatic rings. The monoisotopic (exact) mass is 836 g/mol. The number of hydrogen-bond acceptors (Lipinski definition) is 2. The smallest absolute Gasteiger partial charge is 0.160 e. The minimum absolute atomic E-state index is 0.698. The highest BCUT2D eigenvalue weighted by Crippen LogP contribution is 2.50. The van der Waals surface area contributed by atoms with E-state index in [-0.39, 0.29) is 0 Å². The first-order chi connectivity index (χ1) is 32.7. The summed E-state index contributed by atoms with van der Waals surface area (Å²) in [4.78, 5) is 10.9. The van der Waals surface area contributed by atoms with Gasteiger partial charge in [0.15, 0.2) is 5.82 Å². The van der Waals surface area contributed by atoms with Gasteiger partial charge in [-0.05, 0) is 110 Å². The summed E-state index contributed by atoms with van der Waals surface area (Å²) in [7, 11) is 0. The predicted molar refractivity (Wildman–Crippen MR) is 276 cm³/mol. The Hall–Kier alpha value is -8.86. The first-order valence-electron chi connectivity index (χ1n) is 22.7. The number of rotatable bonds is 4. The zero-order valence-corrected chi connectivity index (χ0v) is 35.6. The van der Waals surface area contributed by atoms with Gasteiger partial charge in [-0.2, -0.15) is 0 Å². The van der Waals surface area contributed by atoms with Crippen LogP contribution in [0.4, 0.5) is 0 Å². The van der Waals surface area contributed by atoms with Crippen LogP contribution >= 0.6 is 0 Å². The highest BCUT2D eigenvalue weighted by molar-refractivity contribution is 6.20. The Morgan fingerprint density at radius 2 is 0.894 bits per heavy atom. The molecule has 15 rings (SSSR count). The molecule has 4 nitrogen and oxygen atoms in total. The van der Waals surface area contributed by atoms with E-state index in [0.29, 0.717) is 5.82 Å². The normalized spacial score (nSPS) is 12.2.